The highest BCUT2D eigenvalue weighted by Crippen LogP contribution is 2.36. The van der Waals surface area contributed by atoms with Gasteiger partial charge in [0, 0.05) is 5.56 Å². The van der Waals surface area contributed by atoms with E-state index in [1.807, 2.05) is 11.6 Å². The van der Waals surface area contributed by atoms with Crippen molar-refractivity contribution >= 4 is 15.9 Å². The van der Waals surface area contributed by atoms with E-state index in [1.54, 1.807) is 38.1 Å². The van der Waals surface area contributed by atoms with Gasteiger partial charge in [-0.15, -0.1) is 0 Å². The van der Waals surface area contributed by atoms with Crippen LogP contribution in [0.25, 0.3) is 11.1 Å². The maximum atomic E-state index is 14.1. The van der Waals surface area contributed by atoms with Crippen LogP contribution >= 0.6 is 0 Å². The minimum Gasteiger partial charge on any atom is -0.507 e. The Bertz CT molecular complexity index is 952. The zero-order valence-corrected chi connectivity index (χ0v) is 15.9. The molecule has 0 aliphatic carbocycles. The summed E-state index contributed by atoms with van der Waals surface area (Å²) in [5.74, 6) is -1.11. The minimum atomic E-state index is -3.70. The molecule has 0 aliphatic rings. The third-order valence-corrected chi connectivity index (χ3v) is 4.88. The molecule has 0 bridgehead atoms. The Balaban J connectivity index is 2.58. The van der Waals surface area contributed by atoms with Crippen molar-refractivity contribution in [2.45, 2.75) is 32.6 Å². The summed E-state index contributed by atoms with van der Waals surface area (Å²) >= 11 is 0. The predicted octanol–water partition coefficient (Wildman–Crippen LogP) is 3.11. The molecule has 2 aromatic rings. The molecule has 2 aromatic carbocycles. The molecule has 0 atom stereocenters. The van der Waals surface area contributed by atoms with Gasteiger partial charge in [0.15, 0.2) is 0 Å². The lowest BCUT2D eigenvalue weighted by Gasteiger charge is -2.25. The van der Waals surface area contributed by atoms with E-state index in [4.69, 9.17) is 0 Å². The number of nitrogens with one attached hydrogen (secondary N) is 1. The van der Waals surface area contributed by atoms with Crippen LogP contribution in [0.15, 0.2) is 36.4 Å². The number of halogens is 1. The summed E-state index contributed by atoms with van der Waals surface area (Å²) in [6.07, 6.45) is 1.34. The average molecular weight is 379 g/mol. The van der Waals surface area contributed by atoms with E-state index in [0.29, 0.717) is 28.7 Å². The lowest BCUT2D eigenvalue weighted by Crippen LogP contribution is -2.42. The van der Waals surface area contributed by atoms with Gasteiger partial charge in [0.2, 0.25) is 15.9 Å². The number of sulfonamides is 1. The number of benzene rings is 2. The second-order valence-electron chi connectivity index (χ2n) is 6.68. The maximum absolute atomic E-state index is 14.1. The van der Waals surface area contributed by atoms with Gasteiger partial charge in [0.25, 0.3) is 0 Å². The van der Waals surface area contributed by atoms with Crippen molar-refractivity contribution in [2.24, 2.45) is 0 Å². The topological polar surface area (TPSA) is 83.5 Å². The highest BCUT2D eigenvalue weighted by atomic mass is 32.2. The van der Waals surface area contributed by atoms with Crippen LogP contribution in [-0.4, -0.2) is 25.7 Å². The van der Waals surface area contributed by atoms with Crippen LogP contribution < -0.4 is 4.72 Å². The number of aromatic hydroxyl groups is 1. The molecule has 1 amide bonds. The molecule has 7 heteroatoms. The molecule has 26 heavy (non-hydrogen) atoms. The zero-order chi connectivity index (χ0) is 19.7. The molecule has 0 radical (unpaired) electrons. The Morgan fingerprint density at radius 1 is 1.19 bits per heavy atom. The van der Waals surface area contributed by atoms with Gasteiger partial charge < -0.3 is 5.11 Å². The fourth-order valence-electron chi connectivity index (χ4n) is 2.74. The molecule has 5 nitrogen and oxygen atoms in total. The summed E-state index contributed by atoms with van der Waals surface area (Å²) in [6, 6.07) is 9.16. The summed E-state index contributed by atoms with van der Waals surface area (Å²) in [6.45, 7) is 4.97. The predicted molar refractivity (Wildman–Crippen MR) is 98.9 cm³/mol. The quantitative estimate of drug-likeness (QED) is 0.836. The first-order chi connectivity index (χ1) is 12.0. The van der Waals surface area contributed by atoms with Crippen LogP contribution in [0.2, 0.25) is 0 Å². The normalized spacial score (nSPS) is 12.0. The number of rotatable bonds is 5. The van der Waals surface area contributed by atoms with Crippen molar-refractivity contribution in [1.82, 2.24) is 4.72 Å². The summed E-state index contributed by atoms with van der Waals surface area (Å²) in [4.78, 5) is 12.4. The van der Waals surface area contributed by atoms with E-state index in [1.165, 1.54) is 12.1 Å². The summed E-state index contributed by atoms with van der Waals surface area (Å²) in [7, 11) is -3.70. The van der Waals surface area contributed by atoms with E-state index >= 15 is 0 Å². The van der Waals surface area contributed by atoms with Gasteiger partial charge in [-0.05, 0) is 55.2 Å². The van der Waals surface area contributed by atoms with Crippen LogP contribution in [0.5, 0.6) is 5.75 Å². The van der Waals surface area contributed by atoms with Crippen LogP contribution in [0.3, 0.4) is 0 Å². The number of phenols is 1. The first kappa shape index (κ1) is 19.9. The van der Waals surface area contributed by atoms with Crippen molar-refractivity contribution in [2.75, 3.05) is 6.26 Å². The maximum Gasteiger partial charge on any atom is 0.243 e. The number of amides is 1. The molecular weight excluding hydrogens is 357 g/mol. The third kappa shape index (κ3) is 4.04. The number of carbonyl (C=O) groups is 1. The molecule has 0 unspecified atom stereocenters. The van der Waals surface area contributed by atoms with Crippen LogP contribution in [0, 0.1) is 5.82 Å². The summed E-state index contributed by atoms with van der Waals surface area (Å²) in [5.41, 5.74) is 0.701. The summed E-state index contributed by atoms with van der Waals surface area (Å²) < 4.78 is 38.8. The van der Waals surface area contributed by atoms with Gasteiger partial charge in [0.1, 0.15) is 11.6 Å². The van der Waals surface area contributed by atoms with Crippen LogP contribution in [-0.2, 0) is 26.7 Å². The number of hydrogen-bond donors (Lipinski definition) is 2. The van der Waals surface area contributed by atoms with E-state index in [-0.39, 0.29) is 11.6 Å². The van der Waals surface area contributed by atoms with E-state index in [0.717, 1.165) is 6.26 Å². The lowest BCUT2D eigenvalue weighted by atomic mass is 9.82. The average Bonchev–Trinajstić information content (AvgIpc) is 2.53. The molecule has 2 N–H and O–H groups in total. The second kappa shape index (κ2) is 7.07. The highest BCUT2D eigenvalue weighted by Gasteiger charge is 2.32. The van der Waals surface area contributed by atoms with Crippen molar-refractivity contribution in [3.63, 3.8) is 0 Å². The SMILES string of the molecule is CCc1c(F)cccc1-c1cc(C(C)(C)C(=O)NS(C)(=O)=O)ccc1O. The molecular formula is C19H22FNO4S. The third-order valence-electron chi connectivity index (χ3n) is 4.33. The van der Waals surface area contributed by atoms with Gasteiger partial charge in [-0.25, -0.2) is 12.8 Å². The van der Waals surface area contributed by atoms with Crippen LogP contribution in [0.4, 0.5) is 4.39 Å². The molecule has 0 heterocycles. The van der Waals surface area contributed by atoms with Gasteiger partial charge in [-0.3, -0.25) is 9.52 Å². The standard InChI is InChI=1S/C19H22FNO4S/c1-5-13-14(7-6-8-16(13)20)15-11-12(9-10-17(15)22)19(2,3)18(23)21-26(4,24)25/h6-11,22H,5H2,1-4H3,(H,21,23). The zero-order valence-electron chi connectivity index (χ0n) is 15.1. The Hall–Kier alpha value is -2.41. The second-order valence-corrected chi connectivity index (χ2v) is 8.43. The Morgan fingerprint density at radius 2 is 1.85 bits per heavy atom. The fourth-order valence-corrected chi connectivity index (χ4v) is 3.33. The van der Waals surface area contributed by atoms with Crippen molar-refractivity contribution in [3.8, 4) is 16.9 Å². The lowest BCUT2D eigenvalue weighted by molar-refractivity contribution is -0.123. The van der Waals surface area contributed by atoms with Crippen molar-refractivity contribution in [3.05, 3.63) is 53.3 Å². The minimum absolute atomic E-state index is 0.0478. The van der Waals surface area contributed by atoms with Gasteiger partial charge in [-0.1, -0.05) is 25.1 Å². The molecule has 0 fully saturated rings. The van der Waals surface area contributed by atoms with Crippen molar-refractivity contribution < 1.29 is 22.7 Å². The molecule has 0 saturated heterocycles. The smallest absolute Gasteiger partial charge is 0.243 e. The van der Waals surface area contributed by atoms with Gasteiger partial charge >= 0.3 is 0 Å². The first-order valence-corrected chi connectivity index (χ1v) is 10.00. The molecule has 0 spiro atoms. The fraction of sp³-hybridized carbons (Fsp3) is 0.316. The van der Waals surface area contributed by atoms with Crippen LogP contribution in [0.1, 0.15) is 31.9 Å². The highest BCUT2D eigenvalue weighted by molar-refractivity contribution is 7.89. The summed E-state index contributed by atoms with van der Waals surface area (Å²) in [5, 5.41) is 10.3. The molecule has 2 rings (SSSR count). The number of phenolic OH excluding ortho intramolecular Hbond substituents is 1. The van der Waals surface area contributed by atoms with E-state index < -0.39 is 21.3 Å². The Morgan fingerprint density at radius 3 is 2.42 bits per heavy atom. The Kier molecular flexibility index (Phi) is 5.41. The number of carbonyl (C=O) groups excluding carboxylic acids is 1. The molecule has 140 valence electrons. The van der Waals surface area contributed by atoms with Gasteiger partial charge in [-0.2, -0.15) is 0 Å². The Labute approximate surface area is 152 Å². The van der Waals surface area contributed by atoms with E-state index in [9.17, 15) is 22.7 Å². The van der Waals surface area contributed by atoms with Crippen molar-refractivity contribution in [1.29, 1.82) is 0 Å². The largest absolute Gasteiger partial charge is 0.507 e. The monoisotopic (exact) mass is 379 g/mol. The molecule has 0 saturated carbocycles. The van der Waals surface area contributed by atoms with E-state index in [2.05, 4.69) is 0 Å². The van der Waals surface area contributed by atoms with Gasteiger partial charge in [0.05, 0.1) is 11.7 Å². The molecule has 0 aliphatic heterocycles. The molecule has 0 aromatic heterocycles. The number of hydrogen-bond acceptors (Lipinski definition) is 4. The first-order valence-electron chi connectivity index (χ1n) is 8.11.